The summed E-state index contributed by atoms with van der Waals surface area (Å²) in [6.45, 7) is 1.24. The summed E-state index contributed by atoms with van der Waals surface area (Å²) in [5, 5.41) is 69.6. The fourth-order valence-corrected chi connectivity index (χ4v) is 4.37. The number of phenolic OH excluding ortho intramolecular Hbond substituents is 1. The third-order valence-corrected chi connectivity index (χ3v) is 7.44. The number of aliphatic hydroxyl groups excluding tert-OH is 3. The Kier molecular flexibility index (Phi) is 18.7. The first-order valence-corrected chi connectivity index (χ1v) is 16.0. The maximum atomic E-state index is 13.1. The van der Waals surface area contributed by atoms with Crippen molar-refractivity contribution in [1.29, 1.82) is 0 Å². The normalized spacial score (nSPS) is 15.0. The molecule has 0 aliphatic heterocycles. The molecule has 14 N–H and O–H groups in total. The van der Waals surface area contributed by atoms with E-state index in [1.54, 1.807) is 12.1 Å². The number of aliphatic hydroxyl groups is 3. The molecule has 0 aliphatic rings. The molecule has 1 aromatic rings. The zero-order valence-corrected chi connectivity index (χ0v) is 28.7. The first-order valence-electron chi connectivity index (χ1n) is 16.0. The van der Waals surface area contributed by atoms with Crippen LogP contribution in [-0.2, 0) is 44.8 Å². The van der Waals surface area contributed by atoms with Crippen molar-refractivity contribution < 1.29 is 69.0 Å². The number of nitrogens with one attached hydrogen (secondary N) is 6. The highest BCUT2D eigenvalue weighted by Gasteiger charge is 2.34. The predicted octanol–water partition coefficient (Wildman–Crippen LogP) is -5.23. The van der Waals surface area contributed by atoms with Crippen LogP contribution in [0.25, 0.3) is 0 Å². The molecule has 0 fully saturated rings. The number of hydrogen-bond donors (Lipinski definition) is 13. The highest BCUT2D eigenvalue weighted by Crippen LogP contribution is 2.11. The minimum atomic E-state index is -1.77. The monoisotopic (exact) mass is 741 g/mol. The lowest BCUT2D eigenvalue weighted by Gasteiger charge is -2.27. The molecule has 1 aromatic carbocycles. The summed E-state index contributed by atoms with van der Waals surface area (Å²) in [4.78, 5) is 99.5. The van der Waals surface area contributed by atoms with Crippen LogP contribution in [-0.4, -0.2) is 140 Å². The van der Waals surface area contributed by atoms with Crippen LogP contribution in [0.15, 0.2) is 24.3 Å². The van der Waals surface area contributed by atoms with Crippen LogP contribution in [0, 0.1) is 5.92 Å². The highest BCUT2D eigenvalue weighted by molar-refractivity contribution is 5.97. The van der Waals surface area contributed by atoms with E-state index in [4.69, 9.17) is 15.9 Å². The van der Waals surface area contributed by atoms with E-state index in [0.29, 0.717) is 5.56 Å². The minimum absolute atomic E-state index is 0.0126. The molecule has 0 heterocycles. The molecule has 0 aliphatic carbocycles. The Morgan fingerprint density at radius 1 is 0.615 bits per heavy atom. The molecule has 290 valence electrons. The van der Waals surface area contributed by atoms with Gasteiger partial charge in [-0.1, -0.05) is 26.0 Å². The van der Waals surface area contributed by atoms with E-state index in [1.807, 2.05) is 5.32 Å². The van der Waals surface area contributed by atoms with Crippen LogP contribution in [0.2, 0.25) is 0 Å². The summed E-state index contributed by atoms with van der Waals surface area (Å²) in [5.41, 5.74) is 6.54. The second kappa shape index (κ2) is 21.8. The summed E-state index contributed by atoms with van der Waals surface area (Å²) in [7, 11) is 0. The van der Waals surface area contributed by atoms with Gasteiger partial charge in [-0.3, -0.25) is 33.6 Å². The van der Waals surface area contributed by atoms with Gasteiger partial charge in [0.05, 0.1) is 25.9 Å². The Morgan fingerprint density at radius 2 is 1.08 bits per heavy atom. The lowest BCUT2D eigenvalue weighted by Crippen LogP contribution is -2.61. The molecule has 0 bridgehead atoms. The van der Waals surface area contributed by atoms with Gasteiger partial charge in [0.2, 0.25) is 35.4 Å². The average molecular weight is 742 g/mol. The molecule has 21 heteroatoms. The van der Waals surface area contributed by atoms with Gasteiger partial charge in [-0.2, -0.15) is 0 Å². The lowest BCUT2D eigenvalue weighted by molar-refractivity contribution is -0.144. The van der Waals surface area contributed by atoms with E-state index >= 15 is 0 Å². The smallest absolute Gasteiger partial charge is 0.328 e. The van der Waals surface area contributed by atoms with Gasteiger partial charge in [0, 0.05) is 6.42 Å². The summed E-state index contributed by atoms with van der Waals surface area (Å²) in [6, 6.07) is -4.72. The van der Waals surface area contributed by atoms with Crippen LogP contribution >= 0.6 is 0 Å². The number of amides is 6. The van der Waals surface area contributed by atoms with Gasteiger partial charge in [0.25, 0.3) is 0 Å². The molecular formula is C31H47N7O14. The van der Waals surface area contributed by atoms with Crippen molar-refractivity contribution >= 4 is 47.4 Å². The van der Waals surface area contributed by atoms with Gasteiger partial charge >= 0.3 is 11.9 Å². The van der Waals surface area contributed by atoms with Gasteiger partial charge in [-0.05, 0) is 43.4 Å². The van der Waals surface area contributed by atoms with E-state index in [9.17, 15) is 58.8 Å². The van der Waals surface area contributed by atoms with Crippen LogP contribution in [0.1, 0.15) is 39.2 Å². The second-order valence-corrected chi connectivity index (χ2v) is 12.0. The molecule has 21 nitrogen and oxygen atoms in total. The number of carboxylic acid groups (broad SMARTS) is 2. The molecule has 7 atom stereocenters. The van der Waals surface area contributed by atoms with Crippen molar-refractivity contribution in [2.75, 3.05) is 19.8 Å². The maximum Gasteiger partial charge on any atom is 0.328 e. The third kappa shape index (κ3) is 14.8. The van der Waals surface area contributed by atoms with Crippen molar-refractivity contribution in [1.82, 2.24) is 31.9 Å². The first-order chi connectivity index (χ1) is 24.3. The molecule has 6 amide bonds. The van der Waals surface area contributed by atoms with Gasteiger partial charge < -0.3 is 68.3 Å². The quantitative estimate of drug-likeness (QED) is 0.0528. The van der Waals surface area contributed by atoms with Crippen molar-refractivity contribution in [2.24, 2.45) is 11.7 Å². The van der Waals surface area contributed by atoms with Crippen molar-refractivity contribution in [2.45, 2.75) is 82.3 Å². The standard InChI is InChI=1S/C31H47N7O14/c1-14(2)24(30(50)37-22(13-41)31(51)52)38-29(49)21(12-40)36-27(47)19(8-9-23(43)44)34-28(48)20(11-39)35-25(45)15(3)33-26(46)18(32)10-16-4-6-17(42)7-5-16/h4-7,14-15,18-22,24,39-42H,8-13,32H2,1-3H3,(H,33,46)(H,34,48)(H,35,45)(H,36,47)(H,37,50)(H,38,49)(H,43,44)(H,51,52)/t15-,18-,19-,20-,21-,22-,24-/m0/s1. The number of rotatable bonds is 22. The molecule has 0 aromatic heterocycles. The number of carbonyl (C=O) groups is 8. The van der Waals surface area contributed by atoms with Crippen LogP contribution in [0.3, 0.4) is 0 Å². The van der Waals surface area contributed by atoms with E-state index in [0.717, 1.165) is 0 Å². The van der Waals surface area contributed by atoms with Gasteiger partial charge in [0.1, 0.15) is 42.0 Å². The number of aliphatic carboxylic acids is 2. The highest BCUT2D eigenvalue weighted by atomic mass is 16.4. The molecule has 0 saturated carbocycles. The minimum Gasteiger partial charge on any atom is -0.508 e. The summed E-state index contributed by atoms with van der Waals surface area (Å²) < 4.78 is 0. The zero-order chi connectivity index (χ0) is 39.7. The summed E-state index contributed by atoms with van der Waals surface area (Å²) in [6.07, 6.45) is -1.17. The molecule has 1 rings (SSSR count). The summed E-state index contributed by atoms with van der Waals surface area (Å²) in [5.74, 6) is -9.70. The van der Waals surface area contributed by atoms with E-state index in [1.165, 1.54) is 32.9 Å². The topological polar surface area (TPSA) is 356 Å². The van der Waals surface area contributed by atoms with Gasteiger partial charge in [-0.15, -0.1) is 0 Å². The number of hydrogen-bond acceptors (Lipinski definition) is 13. The SMILES string of the molecule is CC(C)[C@H](NC(=O)[C@H](CO)NC(=O)[C@H](CCC(=O)O)NC(=O)[C@H](CO)NC(=O)[C@H](C)NC(=O)[C@@H](N)Cc1ccc(O)cc1)C(=O)N[C@@H](CO)C(=O)O. The number of nitrogens with two attached hydrogens (primary N) is 1. The van der Waals surface area contributed by atoms with Crippen molar-refractivity contribution in [3.05, 3.63) is 29.8 Å². The average Bonchev–Trinajstić information content (AvgIpc) is 3.08. The second-order valence-electron chi connectivity index (χ2n) is 12.0. The Hall–Kier alpha value is -5.38. The Bertz CT molecular complexity index is 1420. The Morgan fingerprint density at radius 3 is 1.56 bits per heavy atom. The van der Waals surface area contributed by atoms with Gasteiger partial charge in [-0.25, -0.2) is 4.79 Å². The van der Waals surface area contributed by atoms with E-state index in [2.05, 4.69) is 26.6 Å². The largest absolute Gasteiger partial charge is 0.508 e. The van der Waals surface area contributed by atoms with Crippen LogP contribution in [0.5, 0.6) is 5.75 Å². The number of phenols is 1. The number of carbonyl (C=O) groups excluding carboxylic acids is 6. The molecule has 0 radical (unpaired) electrons. The third-order valence-electron chi connectivity index (χ3n) is 7.44. The fraction of sp³-hybridized carbons (Fsp3) is 0.548. The number of aromatic hydroxyl groups is 1. The summed E-state index contributed by atoms with van der Waals surface area (Å²) >= 11 is 0. The molecule has 0 saturated heterocycles. The molecule has 0 spiro atoms. The zero-order valence-electron chi connectivity index (χ0n) is 28.7. The predicted molar refractivity (Wildman–Crippen MR) is 178 cm³/mol. The van der Waals surface area contributed by atoms with Gasteiger partial charge in [0.15, 0.2) is 0 Å². The first kappa shape index (κ1) is 44.6. The fourth-order valence-electron chi connectivity index (χ4n) is 4.37. The van der Waals surface area contributed by atoms with Crippen LogP contribution in [0.4, 0.5) is 0 Å². The number of benzene rings is 1. The molecule has 52 heavy (non-hydrogen) atoms. The number of carboxylic acids is 2. The Balaban J connectivity index is 2.97. The van der Waals surface area contributed by atoms with Crippen molar-refractivity contribution in [3.8, 4) is 5.75 Å². The maximum absolute atomic E-state index is 13.1. The van der Waals surface area contributed by atoms with E-state index in [-0.39, 0.29) is 12.2 Å². The van der Waals surface area contributed by atoms with Crippen molar-refractivity contribution in [3.63, 3.8) is 0 Å². The van der Waals surface area contributed by atoms with E-state index < -0.39 is 128 Å². The Labute approximate surface area is 297 Å². The molecule has 0 unspecified atom stereocenters. The lowest BCUT2D eigenvalue weighted by atomic mass is 10.0. The molecular weight excluding hydrogens is 694 g/mol. The van der Waals surface area contributed by atoms with Crippen LogP contribution < -0.4 is 37.6 Å².